The van der Waals surface area contributed by atoms with Crippen LogP contribution in [0.15, 0.2) is 48.5 Å². The molecule has 0 heterocycles. The molecule has 0 spiro atoms. The normalized spacial score (nSPS) is 12.1. The second-order valence-corrected chi connectivity index (χ2v) is 11.4. The van der Waals surface area contributed by atoms with Crippen LogP contribution in [0.3, 0.4) is 0 Å². The minimum absolute atomic E-state index is 0.0449. The van der Waals surface area contributed by atoms with Crippen molar-refractivity contribution in [1.29, 1.82) is 0 Å². The smallest absolute Gasteiger partial charge is 0.242 e. The van der Waals surface area contributed by atoms with Crippen molar-refractivity contribution in [2.45, 2.75) is 58.5 Å². The summed E-state index contributed by atoms with van der Waals surface area (Å²) in [5, 5.41) is 3.54. The number of carbonyl (C=O) groups is 2. The van der Waals surface area contributed by atoms with E-state index in [0.717, 1.165) is 29.0 Å². The van der Waals surface area contributed by atoms with E-state index in [-0.39, 0.29) is 48.5 Å². The standard InChI is InChI=1S/C26H35Cl2N3O4S/c1-4-6-16-29-26(33)23(5-2)30(19-20-11-8-7-9-12-20)25(32)13-10-17-31(36(3,34)35)24-18-21(27)14-15-22(24)28/h7-9,11-12,14-15,18,23H,4-6,10,13,16-17,19H2,1-3H3,(H,29,33). The average molecular weight is 557 g/mol. The van der Waals surface area contributed by atoms with Gasteiger partial charge < -0.3 is 10.2 Å². The molecule has 1 atom stereocenters. The number of nitrogens with zero attached hydrogens (tertiary/aromatic N) is 2. The highest BCUT2D eigenvalue weighted by atomic mass is 35.5. The second-order valence-electron chi connectivity index (χ2n) is 8.61. The molecule has 0 aromatic heterocycles. The van der Waals surface area contributed by atoms with E-state index in [0.29, 0.717) is 18.0 Å². The zero-order valence-corrected chi connectivity index (χ0v) is 23.4. The molecule has 0 aliphatic rings. The first-order valence-corrected chi connectivity index (χ1v) is 14.7. The maximum atomic E-state index is 13.4. The van der Waals surface area contributed by atoms with Crippen molar-refractivity contribution in [2.24, 2.45) is 0 Å². The van der Waals surface area contributed by atoms with Crippen molar-refractivity contribution >= 4 is 50.7 Å². The van der Waals surface area contributed by atoms with Gasteiger partial charge in [0.25, 0.3) is 0 Å². The highest BCUT2D eigenvalue weighted by Crippen LogP contribution is 2.31. The van der Waals surface area contributed by atoms with Crippen molar-refractivity contribution in [3.8, 4) is 0 Å². The summed E-state index contributed by atoms with van der Waals surface area (Å²) in [4.78, 5) is 27.9. The third-order valence-electron chi connectivity index (χ3n) is 5.74. The summed E-state index contributed by atoms with van der Waals surface area (Å²) >= 11 is 12.3. The summed E-state index contributed by atoms with van der Waals surface area (Å²) in [5.41, 5.74) is 1.18. The van der Waals surface area contributed by atoms with Gasteiger partial charge in [0.2, 0.25) is 21.8 Å². The molecule has 0 fully saturated rings. The monoisotopic (exact) mass is 555 g/mol. The maximum absolute atomic E-state index is 13.4. The molecule has 2 aromatic rings. The lowest BCUT2D eigenvalue weighted by atomic mass is 10.1. The van der Waals surface area contributed by atoms with Crippen LogP contribution in [0.5, 0.6) is 0 Å². The Morgan fingerprint density at radius 2 is 1.72 bits per heavy atom. The van der Waals surface area contributed by atoms with Gasteiger partial charge in [-0.25, -0.2) is 8.42 Å². The van der Waals surface area contributed by atoms with Gasteiger partial charge in [0.1, 0.15) is 6.04 Å². The van der Waals surface area contributed by atoms with Crippen LogP contribution < -0.4 is 9.62 Å². The maximum Gasteiger partial charge on any atom is 0.242 e. The molecule has 0 saturated heterocycles. The molecule has 0 aliphatic carbocycles. The van der Waals surface area contributed by atoms with Crippen LogP contribution in [0.4, 0.5) is 5.69 Å². The Balaban J connectivity index is 2.20. The Kier molecular flexibility index (Phi) is 12.0. The highest BCUT2D eigenvalue weighted by molar-refractivity contribution is 7.92. The fourth-order valence-corrected chi connectivity index (χ4v) is 5.27. The van der Waals surface area contributed by atoms with Gasteiger partial charge in [-0.1, -0.05) is 73.8 Å². The summed E-state index contributed by atoms with van der Waals surface area (Å²) in [5.74, 6) is -0.402. The zero-order chi connectivity index (χ0) is 26.7. The van der Waals surface area contributed by atoms with Gasteiger partial charge in [-0.3, -0.25) is 13.9 Å². The second kappa shape index (κ2) is 14.4. The van der Waals surface area contributed by atoms with Crippen LogP contribution in [-0.4, -0.2) is 50.5 Å². The lowest BCUT2D eigenvalue weighted by molar-refractivity contribution is -0.141. The van der Waals surface area contributed by atoms with E-state index in [1.54, 1.807) is 11.0 Å². The Bertz CT molecular complexity index is 1110. The largest absolute Gasteiger partial charge is 0.354 e. The van der Waals surface area contributed by atoms with Crippen molar-refractivity contribution in [2.75, 3.05) is 23.7 Å². The molecule has 2 amide bonds. The molecule has 2 rings (SSSR count). The number of unbranched alkanes of at least 4 members (excludes halogenated alkanes) is 1. The summed E-state index contributed by atoms with van der Waals surface area (Å²) in [6, 6.07) is 13.5. The topological polar surface area (TPSA) is 86.8 Å². The summed E-state index contributed by atoms with van der Waals surface area (Å²) < 4.78 is 26.1. The molecule has 0 bridgehead atoms. The zero-order valence-electron chi connectivity index (χ0n) is 21.0. The van der Waals surface area contributed by atoms with Crippen molar-refractivity contribution < 1.29 is 18.0 Å². The van der Waals surface area contributed by atoms with Crippen LogP contribution in [0.1, 0.15) is 51.5 Å². The van der Waals surface area contributed by atoms with Crippen LogP contribution in [0.25, 0.3) is 0 Å². The van der Waals surface area contributed by atoms with Gasteiger partial charge in [0.15, 0.2) is 0 Å². The molecule has 0 saturated carbocycles. The molecule has 1 N–H and O–H groups in total. The lowest BCUT2D eigenvalue weighted by Crippen LogP contribution is -2.49. The number of benzene rings is 2. The van der Waals surface area contributed by atoms with Crippen LogP contribution in [0, 0.1) is 0 Å². The Morgan fingerprint density at radius 3 is 2.33 bits per heavy atom. The highest BCUT2D eigenvalue weighted by Gasteiger charge is 2.29. The van der Waals surface area contributed by atoms with E-state index < -0.39 is 16.1 Å². The first-order valence-electron chi connectivity index (χ1n) is 12.1. The van der Waals surface area contributed by atoms with Crippen molar-refractivity contribution in [3.05, 3.63) is 64.1 Å². The number of anilines is 1. The van der Waals surface area contributed by atoms with Crippen LogP contribution in [-0.2, 0) is 26.2 Å². The van der Waals surface area contributed by atoms with Gasteiger partial charge in [-0.2, -0.15) is 0 Å². The minimum atomic E-state index is -3.67. The molecule has 0 radical (unpaired) electrons. The molecule has 36 heavy (non-hydrogen) atoms. The van der Waals surface area contributed by atoms with Gasteiger partial charge >= 0.3 is 0 Å². The predicted octanol–water partition coefficient (Wildman–Crippen LogP) is 5.26. The Labute approximate surface area is 224 Å². The van der Waals surface area contributed by atoms with E-state index in [1.807, 2.05) is 44.2 Å². The van der Waals surface area contributed by atoms with Crippen LogP contribution >= 0.6 is 23.2 Å². The summed E-state index contributed by atoms with van der Waals surface area (Å²) in [6.45, 7) is 4.81. The van der Waals surface area contributed by atoms with Gasteiger partial charge in [0.05, 0.1) is 17.0 Å². The molecule has 0 aliphatic heterocycles. The Morgan fingerprint density at radius 1 is 1.03 bits per heavy atom. The molecule has 7 nitrogen and oxygen atoms in total. The summed E-state index contributed by atoms with van der Waals surface area (Å²) in [7, 11) is -3.67. The molecule has 1 unspecified atom stereocenters. The molecule has 2 aromatic carbocycles. The predicted molar refractivity (Wildman–Crippen MR) is 147 cm³/mol. The van der Waals surface area contributed by atoms with E-state index in [1.165, 1.54) is 12.1 Å². The molecular weight excluding hydrogens is 521 g/mol. The van der Waals surface area contributed by atoms with Gasteiger partial charge in [-0.05, 0) is 43.0 Å². The van der Waals surface area contributed by atoms with Gasteiger partial charge in [0, 0.05) is 31.1 Å². The number of halogens is 2. The fourth-order valence-electron chi connectivity index (χ4n) is 3.87. The third-order valence-corrected chi connectivity index (χ3v) is 7.47. The number of amides is 2. The number of nitrogens with one attached hydrogen (secondary N) is 1. The van der Waals surface area contributed by atoms with E-state index in [4.69, 9.17) is 23.2 Å². The SMILES string of the molecule is CCCCNC(=O)C(CC)N(Cc1ccccc1)C(=O)CCCN(c1cc(Cl)ccc1Cl)S(C)(=O)=O. The molecule has 10 heteroatoms. The molecule has 198 valence electrons. The first kappa shape index (κ1) is 29.9. The Hall–Kier alpha value is -2.29. The average Bonchev–Trinajstić information content (AvgIpc) is 2.83. The fraction of sp³-hybridized carbons (Fsp3) is 0.462. The lowest BCUT2D eigenvalue weighted by Gasteiger charge is -2.31. The van der Waals surface area contributed by atoms with E-state index >= 15 is 0 Å². The third kappa shape index (κ3) is 8.98. The minimum Gasteiger partial charge on any atom is -0.354 e. The van der Waals surface area contributed by atoms with Gasteiger partial charge in [-0.15, -0.1) is 0 Å². The molecular formula is C26H35Cl2N3O4S. The van der Waals surface area contributed by atoms with Crippen molar-refractivity contribution in [1.82, 2.24) is 10.2 Å². The number of carbonyl (C=O) groups excluding carboxylic acids is 2. The quantitative estimate of drug-likeness (QED) is 0.322. The number of rotatable bonds is 14. The number of sulfonamides is 1. The number of hydrogen-bond acceptors (Lipinski definition) is 4. The van der Waals surface area contributed by atoms with Crippen LogP contribution in [0.2, 0.25) is 10.0 Å². The van der Waals surface area contributed by atoms with Crippen molar-refractivity contribution in [3.63, 3.8) is 0 Å². The summed E-state index contributed by atoms with van der Waals surface area (Å²) in [6.07, 6.45) is 3.68. The van der Waals surface area contributed by atoms with E-state index in [9.17, 15) is 18.0 Å². The first-order chi connectivity index (χ1) is 17.1. The van der Waals surface area contributed by atoms with E-state index in [2.05, 4.69) is 5.32 Å². The number of hydrogen-bond donors (Lipinski definition) is 1.